The Labute approximate surface area is 175 Å². The van der Waals surface area contributed by atoms with Crippen molar-refractivity contribution in [2.24, 2.45) is 0 Å². The highest BCUT2D eigenvalue weighted by Gasteiger charge is 2.41. The van der Waals surface area contributed by atoms with Gasteiger partial charge in [-0.2, -0.15) is 23.4 Å². The van der Waals surface area contributed by atoms with E-state index in [1.807, 2.05) is 6.92 Å². The summed E-state index contributed by atoms with van der Waals surface area (Å²) < 4.78 is 38.1. The van der Waals surface area contributed by atoms with Gasteiger partial charge in [-0.1, -0.05) is 0 Å². The lowest BCUT2D eigenvalue weighted by Crippen LogP contribution is -2.52. The van der Waals surface area contributed by atoms with E-state index in [4.69, 9.17) is 0 Å². The van der Waals surface area contributed by atoms with Crippen LogP contribution in [-0.4, -0.2) is 47.4 Å². The van der Waals surface area contributed by atoms with Gasteiger partial charge < -0.3 is 10.6 Å². The molecule has 3 heterocycles. The van der Waals surface area contributed by atoms with Gasteiger partial charge in [-0.15, -0.1) is 4.80 Å². The molecule has 162 valence electrons. The second-order valence-corrected chi connectivity index (χ2v) is 7.44. The van der Waals surface area contributed by atoms with Crippen molar-refractivity contribution < 1.29 is 18.0 Å². The largest absolute Gasteiger partial charge is 0.434 e. The quantitative estimate of drug-likeness (QED) is 0.638. The van der Waals surface area contributed by atoms with Gasteiger partial charge in [-0.05, 0) is 38.3 Å². The van der Waals surface area contributed by atoms with Crippen LogP contribution >= 0.6 is 0 Å². The number of alkyl halides is 3. The van der Waals surface area contributed by atoms with E-state index in [0.29, 0.717) is 24.7 Å². The third-order valence-electron chi connectivity index (χ3n) is 5.25. The third kappa shape index (κ3) is 4.32. The molecule has 31 heavy (non-hydrogen) atoms. The number of hydrogen-bond donors (Lipinski definition) is 2. The lowest BCUT2D eigenvalue weighted by atomic mass is 9.95. The lowest BCUT2D eigenvalue weighted by molar-refractivity contribution is -0.141. The van der Waals surface area contributed by atoms with Gasteiger partial charge in [0.15, 0.2) is 11.4 Å². The van der Waals surface area contributed by atoms with Crippen molar-refractivity contribution in [2.45, 2.75) is 43.9 Å². The van der Waals surface area contributed by atoms with Crippen LogP contribution in [0.15, 0.2) is 43.1 Å². The number of aromatic nitrogens is 6. The normalized spacial score (nSPS) is 21.1. The van der Waals surface area contributed by atoms with Gasteiger partial charge in [-0.25, -0.2) is 15.0 Å². The number of nitrogens with one attached hydrogen (secondary N) is 2. The molecule has 2 atom stereocenters. The zero-order chi connectivity index (χ0) is 22.1. The average molecular weight is 432 g/mol. The van der Waals surface area contributed by atoms with Crippen molar-refractivity contribution in [2.75, 3.05) is 5.32 Å². The van der Waals surface area contributed by atoms with Gasteiger partial charge in [0.05, 0.1) is 36.4 Å². The molecule has 1 fully saturated rings. The minimum atomic E-state index is -4.55. The number of anilines is 1. The Bertz CT molecular complexity index is 1050. The number of carbonyl (C=O) groups is 1. The fourth-order valence-electron chi connectivity index (χ4n) is 3.68. The number of hydrogen-bond acceptors (Lipinski definition) is 7. The third-order valence-corrected chi connectivity index (χ3v) is 5.25. The fraction of sp³-hybridized carbons (Fsp3) is 0.368. The molecule has 0 aromatic carbocycles. The summed E-state index contributed by atoms with van der Waals surface area (Å²) in [5, 5.41) is 14.2. The first-order valence-corrected chi connectivity index (χ1v) is 9.56. The maximum atomic E-state index is 13.0. The Hall–Kier alpha value is -3.57. The molecule has 0 bridgehead atoms. The fourth-order valence-corrected chi connectivity index (χ4v) is 3.68. The molecule has 12 heteroatoms. The SMILES string of the molecule is CC1(Nc2cnc(C(F)(F)F)cn2)CCCC1NC(=O)c1ncccc1-n1nccn1. The van der Waals surface area contributed by atoms with Crippen molar-refractivity contribution in [3.8, 4) is 5.69 Å². The minimum absolute atomic E-state index is 0.169. The van der Waals surface area contributed by atoms with Gasteiger partial charge >= 0.3 is 6.18 Å². The average Bonchev–Trinajstić information content (AvgIpc) is 3.38. The molecule has 9 nitrogen and oxygen atoms in total. The Balaban J connectivity index is 1.51. The van der Waals surface area contributed by atoms with Crippen molar-refractivity contribution in [1.29, 1.82) is 0 Å². The molecule has 0 saturated heterocycles. The van der Waals surface area contributed by atoms with Crippen LogP contribution in [0.25, 0.3) is 5.69 Å². The van der Waals surface area contributed by atoms with E-state index in [2.05, 4.69) is 35.8 Å². The second kappa shape index (κ2) is 7.93. The zero-order valence-corrected chi connectivity index (χ0v) is 16.5. The first kappa shape index (κ1) is 20.7. The van der Waals surface area contributed by atoms with Gasteiger partial charge in [0.2, 0.25) is 0 Å². The highest BCUT2D eigenvalue weighted by molar-refractivity contribution is 5.96. The van der Waals surface area contributed by atoms with Crippen LogP contribution < -0.4 is 10.6 Å². The van der Waals surface area contributed by atoms with Gasteiger partial charge in [0.1, 0.15) is 11.5 Å². The van der Waals surface area contributed by atoms with E-state index in [1.165, 1.54) is 23.4 Å². The summed E-state index contributed by atoms with van der Waals surface area (Å²) in [6.07, 6.45) is 3.88. The minimum Gasteiger partial charge on any atom is -0.362 e. The van der Waals surface area contributed by atoms with E-state index in [-0.39, 0.29) is 17.6 Å². The van der Waals surface area contributed by atoms with E-state index in [9.17, 15) is 18.0 Å². The monoisotopic (exact) mass is 432 g/mol. The Kier molecular flexibility index (Phi) is 5.29. The Morgan fingerprint density at radius 1 is 1.16 bits per heavy atom. The van der Waals surface area contributed by atoms with Crippen LogP contribution in [0.2, 0.25) is 0 Å². The predicted octanol–water partition coefficient (Wildman–Crippen LogP) is 2.62. The van der Waals surface area contributed by atoms with Crippen LogP contribution in [-0.2, 0) is 6.18 Å². The molecule has 1 amide bonds. The molecule has 4 rings (SSSR count). The van der Waals surface area contributed by atoms with Crippen molar-refractivity contribution in [3.05, 3.63) is 54.5 Å². The number of nitrogens with zero attached hydrogens (tertiary/aromatic N) is 6. The maximum absolute atomic E-state index is 13.0. The van der Waals surface area contributed by atoms with Gasteiger partial charge in [0.25, 0.3) is 5.91 Å². The summed E-state index contributed by atoms with van der Waals surface area (Å²) in [5.41, 5.74) is -1.08. The van der Waals surface area contributed by atoms with Gasteiger partial charge in [-0.3, -0.25) is 4.79 Å². The molecule has 1 saturated carbocycles. The Morgan fingerprint density at radius 3 is 2.61 bits per heavy atom. The summed E-state index contributed by atoms with van der Waals surface area (Å²) in [5.74, 6) is -0.192. The number of rotatable bonds is 5. The topological polar surface area (TPSA) is 111 Å². The maximum Gasteiger partial charge on any atom is 0.434 e. The van der Waals surface area contributed by atoms with E-state index in [0.717, 1.165) is 12.6 Å². The number of carbonyl (C=O) groups excluding carboxylic acids is 1. The van der Waals surface area contributed by atoms with Crippen LogP contribution in [0.4, 0.5) is 19.0 Å². The van der Waals surface area contributed by atoms with Crippen LogP contribution in [0.5, 0.6) is 0 Å². The van der Waals surface area contributed by atoms with E-state index in [1.54, 1.807) is 12.1 Å². The molecular weight excluding hydrogens is 413 g/mol. The highest BCUT2D eigenvalue weighted by Crippen LogP contribution is 2.33. The van der Waals surface area contributed by atoms with E-state index < -0.39 is 23.3 Å². The van der Waals surface area contributed by atoms with Crippen molar-refractivity contribution in [3.63, 3.8) is 0 Å². The Morgan fingerprint density at radius 2 is 1.94 bits per heavy atom. The summed E-state index contributed by atoms with van der Waals surface area (Å²) in [6.45, 7) is 1.89. The second-order valence-electron chi connectivity index (χ2n) is 7.44. The molecule has 2 unspecified atom stereocenters. The van der Waals surface area contributed by atoms with Crippen molar-refractivity contribution in [1.82, 2.24) is 35.3 Å². The highest BCUT2D eigenvalue weighted by atomic mass is 19.4. The summed E-state index contributed by atoms with van der Waals surface area (Å²) in [6, 6.07) is 3.07. The van der Waals surface area contributed by atoms with Crippen LogP contribution in [0.1, 0.15) is 42.4 Å². The van der Waals surface area contributed by atoms with E-state index >= 15 is 0 Å². The summed E-state index contributed by atoms with van der Waals surface area (Å²) in [4.78, 5) is 25.7. The standard InChI is InChI=1S/C19H19F3N8O/c1-18(29-15-11-24-14(10-25-15)19(20,21)22)6-2-5-13(18)28-17(31)16-12(4-3-7-23-16)30-26-8-9-27-30/h3-4,7-11,13H,2,5-6H2,1H3,(H,25,29)(H,28,31). The first-order chi connectivity index (χ1) is 14.8. The smallest absolute Gasteiger partial charge is 0.362 e. The van der Waals surface area contributed by atoms with Gasteiger partial charge in [0, 0.05) is 6.20 Å². The number of pyridine rings is 1. The van der Waals surface area contributed by atoms with Crippen LogP contribution in [0, 0.1) is 0 Å². The number of halogens is 3. The molecular formula is C19H19F3N8O. The lowest BCUT2D eigenvalue weighted by Gasteiger charge is -2.33. The molecule has 0 aliphatic heterocycles. The molecule has 3 aromatic heterocycles. The molecule has 0 spiro atoms. The predicted molar refractivity (Wildman–Crippen MR) is 103 cm³/mol. The first-order valence-electron chi connectivity index (χ1n) is 9.56. The molecule has 3 aromatic rings. The molecule has 0 radical (unpaired) electrons. The number of amides is 1. The van der Waals surface area contributed by atoms with Crippen LogP contribution in [0.3, 0.4) is 0 Å². The van der Waals surface area contributed by atoms with Crippen molar-refractivity contribution >= 4 is 11.7 Å². The molecule has 1 aliphatic rings. The zero-order valence-electron chi connectivity index (χ0n) is 16.5. The summed E-state index contributed by atoms with van der Waals surface area (Å²) in [7, 11) is 0. The molecule has 1 aliphatic carbocycles. The summed E-state index contributed by atoms with van der Waals surface area (Å²) >= 11 is 0. The molecule has 2 N–H and O–H groups in total.